The second kappa shape index (κ2) is 9.07. The molecule has 0 bridgehead atoms. The van der Waals surface area contributed by atoms with Crippen LogP contribution in [0.2, 0.25) is 0 Å². The molecule has 8 nitrogen and oxygen atoms in total. The fourth-order valence-corrected chi connectivity index (χ4v) is 3.39. The van der Waals surface area contributed by atoms with Crippen molar-refractivity contribution in [3.05, 3.63) is 35.7 Å². The molecular formula is C21H29N5O3. The van der Waals surface area contributed by atoms with Gasteiger partial charge in [-0.1, -0.05) is 25.1 Å². The molecule has 1 aliphatic rings. The predicted molar refractivity (Wildman–Crippen MR) is 109 cm³/mol. The van der Waals surface area contributed by atoms with Crippen LogP contribution in [-0.2, 0) is 4.79 Å². The Balaban J connectivity index is 1.65. The first-order chi connectivity index (χ1) is 13.9. The predicted octanol–water partition coefficient (Wildman–Crippen LogP) is 2.30. The Hall–Kier alpha value is -2.90. The molecule has 0 spiro atoms. The van der Waals surface area contributed by atoms with E-state index < -0.39 is 0 Å². The lowest BCUT2D eigenvalue weighted by atomic mass is 10.1. The van der Waals surface area contributed by atoms with Gasteiger partial charge in [0.1, 0.15) is 5.75 Å². The van der Waals surface area contributed by atoms with Crippen LogP contribution in [0.25, 0.3) is 5.69 Å². The number of hydrogen-bond donors (Lipinski definition) is 0. The summed E-state index contributed by atoms with van der Waals surface area (Å²) < 4.78 is 6.90. The number of rotatable bonds is 6. The molecule has 1 saturated heterocycles. The van der Waals surface area contributed by atoms with Gasteiger partial charge in [0.2, 0.25) is 5.91 Å². The molecule has 0 N–H and O–H groups in total. The Morgan fingerprint density at radius 3 is 2.48 bits per heavy atom. The molecule has 1 fully saturated rings. The van der Waals surface area contributed by atoms with Crippen molar-refractivity contribution >= 4 is 11.8 Å². The summed E-state index contributed by atoms with van der Waals surface area (Å²) in [6.07, 6.45) is 1.46. The van der Waals surface area contributed by atoms with Crippen molar-refractivity contribution in [2.75, 3.05) is 33.3 Å². The molecule has 29 heavy (non-hydrogen) atoms. The highest BCUT2D eigenvalue weighted by atomic mass is 16.5. The van der Waals surface area contributed by atoms with E-state index in [1.54, 1.807) is 16.7 Å². The van der Waals surface area contributed by atoms with Crippen LogP contribution in [0, 0.1) is 12.8 Å². The number of ether oxygens (including phenoxy) is 1. The molecule has 156 valence electrons. The lowest BCUT2D eigenvalue weighted by Gasteiger charge is -2.34. The van der Waals surface area contributed by atoms with Crippen molar-refractivity contribution in [2.24, 2.45) is 5.92 Å². The highest BCUT2D eigenvalue weighted by molar-refractivity contribution is 5.93. The molecule has 0 radical (unpaired) electrons. The summed E-state index contributed by atoms with van der Waals surface area (Å²) in [4.78, 5) is 28.9. The number of piperazine rings is 1. The maximum absolute atomic E-state index is 13.0. The van der Waals surface area contributed by atoms with Gasteiger partial charge in [-0.25, -0.2) is 4.68 Å². The average molecular weight is 399 g/mol. The van der Waals surface area contributed by atoms with Crippen LogP contribution >= 0.6 is 0 Å². The molecular weight excluding hydrogens is 370 g/mol. The van der Waals surface area contributed by atoms with Crippen LogP contribution in [0.4, 0.5) is 0 Å². The number of benzene rings is 1. The Morgan fingerprint density at radius 2 is 1.83 bits per heavy atom. The summed E-state index contributed by atoms with van der Waals surface area (Å²) in [6.45, 7) is 8.21. The average Bonchev–Trinajstić information content (AvgIpc) is 3.12. The van der Waals surface area contributed by atoms with E-state index in [9.17, 15) is 9.59 Å². The molecule has 3 rings (SSSR count). The maximum Gasteiger partial charge on any atom is 0.276 e. The number of hydrogen-bond acceptors (Lipinski definition) is 5. The van der Waals surface area contributed by atoms with Gasteiger partial charge in [-0.3, -0.25) is 9.59 Å². The summed E-state index contributed by atoms with van der Waals surface area (Å²) in [6, 6.07) is 7.45. The molecule has 1 aromatic heterocycles. The van der Waals surface area contributed by atoms with E-state index in [1.165, 1.54) is 0 Å². The second-order valence-electron chi connectivity index (χ2n) is 7.74. The first-order valence-corrected chi connectivity index (χ1v) is 10.0. The standard InChI is InChI=1S/C21H29N5O3/c1-15(2)8-9-19(27)24-10-12-25(13-11-24)21(28)20-16(3)26(23-22-20)17-6-5-7-18(14-17)29-4/h5-7,14-15H,8-13H2,1-4H3. The minimum Gasteiger partial charge on any atom is -0.497 e. The smallest absolute Gasteiger partial charge is 0.276 e. The fourth-order valence-electron chi connectivity index (χ4n) is 3.39. The molecule has 0 atom stereocenters. The molecule has 2 amide bonds. The number of carbonyl (C=O) groups excluding carboxylic acids is 2. The van der Waals surface area contributed by atoms with Crippen molar-refractivity contribution < 1.29 is 14.3 Å². The highest BCUT2D eigenvalue weighted by Gasteiger charge is 2.28. The molecule has 0 aliphatic carbocycles. The first-order valence-electron chi connectivity index (χ1n) is 10.0. The Kier molecular flexibility index (Phi) is 6.51. The van der Waals surface area contributed by atoms with Crippen LogP contribution < -0.4 is 4.74 Å². The third-order valence-electron chi connectivity index (χ3n) is 5.25. The number of carbonyl (C=O) groups is 2. The van der Waals surface area contributed by atoms with Crippen molar-refractivity contribution in [1.82, 2.24) is 24.8 Å². The molecule has 2 aromatic rings. The zero-order valence-electron chi connectivity index (χ0n) is 17.6. The Morgan fingerprint density at radius 1 is 1.14 bits per heavy atom. The molecule has 1 aromatic carbocycles. The van der Waals surface area contributed by atoms with E-state index in [4.69, 9.17) is 4.74 Å². The van der Waals surface area contributed by atoms with E-state index in [1.807, 2.05) is 36.1 Å². The highest BCUT2D eigenvalue weighted by Crippen LogP contribution is 2.19. The SMILES string of the molecule is COc1cccc(-n2nnc(C(=O)N3CCN(C(=O)CCC(C)C)CC3)c2C)c1. The largest absolute Gasteiger partial charge is 0.497 e. The second-order valence-corrected chi connectivity index (χ2v) is 7.74. The lowest BCUT2D eigenvalue weighted by molar-refractivity contribution is -0.132. The topological polar surface area (TPSA) is 80.6 Å². The number of amides is 2. The van der Waals surface area contributed by atoms with Gasteiger partial charge in [0.15, 0.2) is 5.69 Å². The van der Waals surface area contributed by atoms with Gasteiger partial charge in [0, 0.05) is 38.7 Å². The first kappa shape index (κ1) is 20.8. The summed E-state index contributed by atoms with van der Waals surface area (Å²) in [5.41, 5.74) is 1.81. The van der Waals surface area contributed by atoms with Gasteiger partial charge < -0.3 is 14.5 Å². The molecule has 8 heteroatoms. The van der Waals surface area contributed by atoms with Crippen LogP contribution in [0.5, 0.6) is 5.75 Å². The van der Waals surface area contributed by atoms with Gasteiger partial charge in [-0.15, -0.1) is 5.10 Å². The van der Waals surface area contributed by atoms with E-state index in [0.29, 0.717) is 55.7 Å². The number of nitrogens with zero attached hydrogens (tertiary/aromatic N) is 5. The summed E-state index contributed by atoms with van der Waals surface area (Å²) in [5.74, 6) is 1.25. The summed E-state index contributed by atoms with van der Waals surface area (Å²) in [5, 5.41) is 8.29. The molecule has 0 unspecified atom stereocenters. The fraction of sp³-hybridized carbons (Fsp3) is 0.524. The van der Waals surface area contributed by atoms with Crippen LogP contribution in [0.15, 0.2) is 24.3 Å². The van der Waals surface area contributed by atoms with Crippen molar-refractivity contribution in [3.8, 4) is 11.4 Å². The Bertz CT molecular complexity index is 869. The van der Waals surface area contributed by atoms with Crippen LogP contribution in [0.1, 0.15) is 42.9 Å². The quantitative estimate of drug-likeness (QED) is 0.745. The van der Waals surface area contributed by atoms with Crippen LogP contribution in [-0.4, -0.2) is 69.9 Å². The summed E-state index contributed by atoms with van der Waals surface area (Å²) >= 11 is 0. The molecule has 0 saturated carbocycles. The third-order valence-corrected chi connectivity index (χ3v) is 5.25. The van der Waals surface area contributed by atoms with E-state index >= 15 is 0 Å². The van der Waals surface area contributed by atoms with Crippen molar-refractivity contribution in [1.29, 1.82) is 0 Å². The van der Waals surface area contributed by atoms with Gasteiger partial charge in [-0.2, -0.15) is 0 Å². The maximum atomic E-state index is 13.0. The van der Waals surface area contributed by atoms with Crippen molar-refractivity contribution in [3.63, 3.8) is 0 Å². The lowest BCUT2D eigenvalue weighted by Crippen LogP contribution is -2.50. The van der Waals surface area contributed by atoms with E-state index in [0.717, 1.165) is 12.1 Å². The summed E-state index contributed by atoms with van der Waals surface area (Å²) in [7, 11) is 1.61. The number of aromatic nitrogens is 3. The van der Waals surface area contributed by atoms with Crippen molar-refractivity contribution in [2.45, 2.75) is 33.6 Å². The minimum absolute atomic E-state index is 0.147. The van der Waals surface area contributed by atoms with Gasteiger partial charge in [0.05, 0.1) is 18.5 Å². The third kappa shape index (κ3) is 4.75. The molecule has 1 aliphatic heterocycles. The Labute approximate surface area is 171 Å². The number of methoxy groups -OCH3 is 1. The van der Waals surface area contributed by atoms with Crippen LogP contribution in [0.3, 0.4) is 0 Å². The minimum atomic E-state index is -0.147. The molecule has 2 heterocycles. The van der Waals surface area contributed by atoms with E-state index in [-0.39, 0.29) is 11.8 Å². The van der Waals surface area contributed by atoms with Gasteiger partial charge in [-0.05, 0) is 31.4 Å². The van der Waals surface area contributed by atoms with E-state index in [2.05, 4.69) is 24.2 Å². The normalized spacial score (nSPS) is 14.4. The van der Waals surface area contributed by atoms with Gasteiger partial charge >= 0.3 is 0 Å². The van der Waals surface area contributed by atoms with Gasteiger partial charge in [0.25, 0.3) is 5.91 Å². The zero-order valence-corrected chi connectivity index (χ0v) is 17.6. The monoisotopic (exact) mass is 399 g/mol. The zero-order chi connectivity index (χ0) is 21.0.